The molecule has 0 radical (unpaired) electrons. The molecule has 0 bridgehead atoms. The van der Waals surface area contributed by atoms with Gasteiger partial charge in [0.15, 0.2) is 11.5 Å². The third kappa shape index (κ3) is 4.52. The number of carbonyl (C=O) groups excluding carboxylic acids is 4. The third-order valence-electron chi connectivity index (χ3n) is 4.19. The molecule has 2 N–H and O–H groups in total. The standard InChI is InChI=1S/C21H18N2O6S/c1-12-6-8-13(9-7-12)20(26)29-18-14(4-3-5-15(18)28-2)10-16-19(25)23(11-17(22)24)21(27)30-16/h3-10H,11H2,1-2H3,(H2,22,24)/b16-10-. The number of ether oxygens (including phenoxy) is 2. The predicted octanol–water partition coefficient (Wildman–Crippen LogP) is 2.74. The van der Waals surface area contributed by atoms with Crippen LogP contribution in [0.15, 0.2) is 47.4 Å². The Bertz CT molecular complexity index is 1060. The highest BCUT2D eigenvalue weighted by molar-refractivity contribution is 8.18. The van der Waals surface area contributed by atoms with Crippen molar-refractivity contribution < 1.29 is 28.7 Å². The lowest BCUT2D eigenvalue weighted by Gasteiger charge is -2.12. The maximum absolute atomic E-state index is 12.6. The second kappa shape index (κ2) is 8.83. The summed E-state index contributed by atoms with van der Waals surface area (Å²) in [6, 6.07) is 11.7. The number of primary amides is 1. The molecule has 154 valence electrons. The van der Waals surface area contributed by atoms with Gasteiger partial charge in [0.1, 0.15) is 6.54 Å². The smallest absolute Gasteiger partial charge is 0.343 e. The molecule has 1 fully saturated rings. The fraction of sp³-hybridized carbons (Fsp3) is 0.143. The average molecular weight is 426 g/mol. The predicted molar refractivity (Wildman–Crippen MR) is 111 cm³/mol. The van der Waals surface area contributed by atoms with Crippen LogP contribution in [0.5, 0.6) is 11.5 Å². The molecule has 1 aliphatic heterocycles. The summed E-state index contributed by atoms with van der Waals surface area (Å²) in [4.78, 5) is 49.0. The Balaban J connectivity index is 1.94. The maximum atomic E-state index is 12.6. The van der Waals surface area contributed by atoms with Crippen LogP contribution in [0.3, 0.4) is 0 Å². The van der Waals surface area contributed by atoms with Crippen molar-refractivity contribution >= 4 is 40.9 Å². The summed E-state index contributed by atoms with van der Waals surface area (Å²) < 4.78 is 10.8. The van der Waals surface area contributed by atoms with Gasteiger partial charge in [-0.3, -0.25) is 19.3 Å². The zero-order valence-corrected chi connectivity index (χ0v) is 17.0. The van der Waals surface area contributed by atoms with Gasteiger partial charge in [-0.05, 0) is 43.0 Å². The van der Waals surface area contributed by atoms with Crippen LogP contribution < -0.4 is 15.2 Å². The summed E-state index contributed by atoms with van der Waals surface area (Å²) >= 11 is 0.667. The fourth-order valence-corrected chi connectivity index (χ4v) is 3.52. The Morgan fingerprint density at radius 2 is 1.83 bits per heavy atom. The van der Waals surface area contributed by atoms with E-state index in [9.17, 15) is 19.2 Å². The van der Waals surface area contributed by atoms with Crippen LogP contribution in [0.4, 0.5) is 4.79 Å². The molecule has 0 aromatic heterocycles. The summed E-state index contributed by atoms with van der Waals surface area (Å²) in [5, 5.41) is -0.605. The van der Waals surface area contributed by atoms with Crippen LogP contribution in [0, 0.1) is 6.92 Å². The van der Waals surface area contributed by atoms with Gasteiger partial charge in [-0.25, -0.2) is 4.79 Å². The van der Waals surface area contributed by atoms with Crippen LogP contribution in [0.1, 0.15) is 21.5 Å². The fourth-order valence-electron chi connectivity index (χ4n) is 2.69. The van der Waals surface area contributed by atoms with Gasteiger partial charge in [-0.2, -0.15) is 0 Å². The van der Waals surface area contributed by atoms with E-state index in [1.165, 1.54) is 13.2 Å². The largest absolute Gasteiger partial charge is 0.493 e. The molecule has 2 aromatic carbocycles. The number of thioether (sulfide) groups is 1. The minimum Gasteiger partial charge on any atom is -0.493 e. The first-order valence-electron chi connectivity index (χ1n) is 8.79. The van der Waals surface area contributed by atoms with Crippen LogP contribution in [-0.2, 0) is 9.59 Å². The summed E-state index contributed by atoms with van der Waals surface area (Å²) in [7, 11) is 1.42. The molecule has 3 amide bonds. The van der Waals surface area contributed by atoms with Gasteiger partial charge < -0.3 is 15.2 Å². The van der Waals surface area contributed by atoms with E-state index in [1.54, 1.807) is 42.5 Å². The highest BCUT2D eigenvalue weighted by Crippen LogP contribution is 2.37. The molecule has 1 aliphatic rings. The Kier molecular flexibility index (Phi) is 6.22. The van der Waals surface area contributed by atoms with Crippen LogP contribution in [0.25, 0.3) is 6.08 Å². The SMILES string of the molecule is COc1cccc(/C=C2\SC(=O)N(CC(N)=O)C2=O)c1OC(=O)c1ccc(C)cc1. The molecule has 0 atom stereocenters. The monoisotopic (exact) mass is 426 g/mol. The summed E-state index contributed by atoms with van der Waals surface area (Å²) in [6.45, 7) is 1.40. The quantitative estimate of drug-likeness (QED) is 0.429. The number of imide groups is 1. The van der Waals surface area contributed by atoms with Crippen LogP contribution >= 0.6 is 11.8 Å². The Morgan fingerprint density at radius 3 is 2.47 bits per heavy atom. The third-order valence-corrected chi connectivity index (χ3v) is 5.09. The van der Waals surface area contributed by atoms with Crippen molar-refractivity contribution in [1.29, 1.82) is 0 Å². The molecule has 0 saturated carbocycles. The van der Waals surface area contributed by atoms with Gasteiger partial charge in [0.25, 0.3) is 11.1 Å². The number of methoxy groups -OCH3 is 1. The molecule has 1 heterocycles. The maximum Gasteiger partial charge on any atom is 0.343 e. The minimum atomic E-state index is -0.798. The average Bonchev–Trinajstić information content (AvgIpc) is 2.96. The normalized spacial score (nSPS) is 14.9. The van der Waals surface area contributed by atoms with Crippen molar-refractivity contribution in [2.45, 2.75) is 6.92 Å². The molecule has 9 heteroatoms. The summed E-state index contributed by atoms with van der Waals surface area (Å²) in [5.41, 5.74) is 6.79. The number of amides is 3. The topological polar surface area (TPSA) is 116 Å². The van der Waals surface area contributed by atoms with E-state index in [1.807, 2.05) is 6.92 Å². The summed E-state index contributed by atoms with van der Waals surface area (Å²) in [5.74, 6) is -1.67. The number of nitrogens with two attached hydrogens (primary N) is 1. The second-order valence-electron chi connectivity index (χ2n) is 6.37. The van der Waals surface area contributed by atoms with E-state index in [2.05, 4.69) is 0 Å². The molecule has 0 unspecified atom stereocenters. The van der Waals surface area contributed by atoms with Crippen LogP contribution in [-0.4, -0.2) is 41.6 Å². The van der Waals surface area contributed by atoms with E-state index >= 15 is 0 Å². The number of aryl methyl sites for hydroxylation is 1. The lowest BCUT2D eigenvalue weighted by Crippen LogP contribution is -2.36. The molecule has 8 nitrogen and oxygen atoms in total. The summed E-state index contributed by atoms with van der Waals surface area (Å²) in [6.07, 6.45) is 1.41. The van der Waals surface area contributed by atoms with E-state index in [4.69, 9.17) is 15.2 Å². The van der Waals surface area contributed by atoms with Crippen molar-refractivity contribution in [2.75, 3.05) is 13.7 Å². The zero-order valence-electron chi connectivity index (χ0n) is 16.2. The molecule has 1 saturated heterocycles. The highest BCUT2D eigenvalue weighted by atomic mass is 32.2. The lowest BCUT2D eigenvalue weighted by atomic mass is 10.1. The zero-order chi connectivity index (χ0) is 21.8. The number of hydrogen-bond donors (Lipinski definition) is 1. The van der Waals surface area contributed by atoms with Gasteiger partial charge in [0.05, 0.1) is 17.6 Å². The van der Waals surface area contributed by atoms with Gasteiger partial charge in [-0.1, -0.05) is 29.8 Å². The first-order valence-corrected chi connectivity index (χ1v) is 9.61. The van der Waals surface area contributed by atoms with Crippen LogP contribution in [0.2, 0.25) is 0 Å². The number of rotatable bonds is 6. The molecule has 0 spiro atoms. The number of esters is 1. The second-order valence-corrected chi connectivity index (χ2v) is 7.36. The number of nitrogens with zero attached hydrogens (tertiary/aromatic N) is 1. The number of benzene rings is 2. The van der Waals surface area contributed by atoms with E-state index in [0.717, 1.165) is 10.5 Å². The molecular weight excluding hydrogens is 408 g/mol. The number of para-hydroxylation sites is 1. The van der Waals surface area contributed by atoms with Gasteiger partial charge in [0, 0.05) is 5.56 Å². The van der Waals surface area contributed by atoms with Crippen molar-refractivity contribution in [1.82, 2.24) is 4.90 Å². The van der Waals surface area contributed by atoms with Gasteiger partial charge in [-0.15, -0.1) is 0 Å². The van der Waals surface area contributed by atoms with Crippen molar-refractivity contribution in [3.63, 3.8) is 0 Å². The molecule has 2 aromatic rings. The Labute approximate surface area is 176 Å². The molecule has 30 heavy (non-hydrogen) atoms. The van der Waals surface area contributed by atoms with E-state index in [0.29, 0.717) is 22.9 Å². The molecule has 0 aliphatic carbocycles. The number of carbonyl (C=O) groups is 4. The molecule has 3 rings (SSSR count). The molecular formula is C21H18N2O6S. The Morgan fingerprint density at radius 1 is 1.13 bits per heavy atom. The van der Waals surface area contributed by atoms with E-state index in [-0.39, 0.29) is 16.4 Å². The lowest BCUT2D eigenvalue weighted by molar-refractivity contribution is -0.127. The first kappa shape index (κ1) is 21.1. The van der Waals surface area contributed by atoms with Crippen molar-refractivity contribution in [3.8, 4) is 11.5 Å². The Hall–Kier alpha value is -3.59. The van der Waals surface area contributed by atoms with Gasteiger partial charge >= 0.3 is 5.97 Å². The first-order chi connectivity index (χ1) is 14.3. The minimum absolute atomic E-state index is 0.0714. The highest BCUT2D eigenvalue weighted by Gasteiger charge is 2.36. The number of hydrogen-bond acceptors (Lipinski definition) is 7. The van der Waals surface area contributed by atoms with Gasteiger partial charge in [0.2, 0.25) is 5.91 Å². The van der Waals surface area contributed by atoms with Crippen molar-refractivity contribution in [2.24, 2.45) is 5.73 Å². The van der Waals surface area contributed by atoms with Crippen molar-refractivity contribution in [3.05, 3.63) is 64.1 Å². The van der Waals surface area contributed by atoms with E-state index < -0.39 is 29.6 Å².